The van der Waals surface area contributed by atoms with Gasteiger partial charge in [0.15, 0.2) is 5.58 Å². The van der Waals surface area contributed by atoms with Gasteiger partial charge in [-0.3, -0.25) is 4.79 Å². The summed E-state index contributed by atoms with van der Waals surface area (Å²) in [4.78, 5) is 26.0. The first-order valence-corrected chi connectivity index (χ1v) is 7.08. The van der Waals surface area contributed by atoms with Crippen LogP contribution < -0.4 is 4.90 Å². The highest BCUT2D eigenvalue weighted by atomic mass is 16.5. The molecular formula is C17H16N2O4. The number of furan rings is 1. The Morgan fingerprint density at radius 2 is 1.96 bits per heavy atom. The molecule has 6 nitrogen and oxygen atoms in total. The van der Waals surface area contributed by atoms with Crippen LogP contribution in [-0.2, 0) is 16.1 Å². The van der Waals surface area contributed by atoms with Gasteiger partial charge in [0.05, 0.1) is 18.9 Å². The van der Waals surface area contributed by atoms with E-state index in [2.05, 4.69) is 0 Å². The molecule has 0 aliphatic heterocycles. The molecule has 0 saturated heterocycles. The molecule has 0 aliphatic rings. The lowest BCUT2D eigenvalue weighted by Gasteiger charge is -2.18. The Kier molecular flexibility index (Phi) is 3.89. The lowest BCUT2D eigenvalue weighted by molar-refractivity contribution is -0.118. The van der Waals surface area contributed by atoms with Crippen molar-refractivity contribution in [2.75, 3.05) is 19.1 Å². The number of fused-ring (bicyclic) bond motifs is 1. The number of aromatic nitrogens is 1. The second-order valence-corrected chi connectivity index (χ2v) is 5.07. The van der Waals surface area contributed by atoms with Crippen molar-refractivity contribution in [2.24, 2.45) is 0 Å². The molecule has 23 heavy (non-hydrogen) atoms. The van der Waals surface area contributed by atoms with Gasteiger partial charge in [-0.2, -0.15) is 0 Å². The minimum atomic E-state index is -0.508. The van der Waals surface area contributed by atoms with E-state index in [0.29, 0.717) is 11.1 Å². The van der Waals surface area contributed by atoms with Crippen molar-refractivity contribution in [3.8, 4) is 0 Å². The first kappa shape index (κ1) is 14.9. The Bertz CT molecular complexity index is 848. The van der Waals surface area contributed by atoms with Crippen molar-refractivity contribution in [1.29, 1.82) is 0 Å². The van der Waals surface area contributed by atoms with Gasteiger partial charge in [0.2, 0.25) is 5.91 Å². The van der Waals surface area contributed by atoms with E-state index in [-0.39, 0.29) is 18.1 Å². The van der Waals surface area contributed by atoms with Crippen LogP contribution in [0.15, 0.2) is 53.1 Å². The minimum Gasteiger partial charge on any atom is -0.464 e. The third-order valence-corrected chi connectivity index (χ3v) is 3.73. The molecule has 6 heteroatoms. The molecule has 0 unspecified atom stereocenters. The van der Waals surface area contributed by atoms with Crippen LogP contribution >= 0.6 is 0 Å². The SMILES string of the molecule is COC(=O)c1cc2occc2n1CC(=O)N(C)c1ccccc1. The Labute approximate surface area is 132 Å². The van der Waals surface area contributed by atoms with Gasteiger partial charge in [0, 0.05) is 24.9 Å². The number of esters is 1. The summed E-state index contributed by atoms with van der Waals surface area (Å²) in [5.74, 6) is -0.661. The lowest BCUT2D eigenvalue weighted by Crippen LogP contribution is -2.30. The fraction of sp³-hybridized carbons (Fsp3) is 0.176. The molecule has 0 bridgehead atoms. The second kappa shape index (κ2) is 6.00. The zero-order valence-corrected chi connectivity index (χ0v) is 12.9. The number of ether oxygens (including phenoxy) is 1. The molecule has 0 fully saturated rings. The molecule has 0 radical (unpaired) electrons. The van der Waals surface area contributed by atoms with Crippen molar-refractivity contribution >= 4 is 28.7 Å². The number of anilines is 1. The lowest BCUT2D eigenvalue weighted by atomic mass is 10.3. The second-order valence-electron chi connectivity index (χ2n) is 5.07. The number of hydrogen-bond acceptors (Lipinski definition) is 4. The maximum Gasteiger partial charge on any atom is 0.354 e. The summed E-state index contributed by atoms with van der Waals surface area (Å²) < 4.78 is 11.7. The van der Waals surface area contributed by atoms with Crippen molar-refractivity contribution in [3.63, 3.8) is 0 Å². The smallest absolute Gasteiger partial charge is 0.354 e. The molecule has 0 aliphatic carbocycles. The van der Waals surface area contributed by atoms with E-state index in [9.17, 15) is 9.59 Å². The van der Waals surface area contributed by atoms with Gasteiger partial charge < -0.3 is 18.6 Å². The van der Waals surface area contributed by atoms with Gasteiger partial charge >= 0.3 is 5.97 Å². The zero-order valence-electron chi connectivity index (χ0n) is 12.9. The van der Waals surface area contributed by atoms with Crippen LogP contribution in [0.25, 0.3) is 11.1 Å². The van der Waals surface area contributed by atoms with Crippen LogP contribution in [0.2, 0.25) is 0 Å². The summed E-state index contributed by atoms with van der Waals surface area (Å²) >= 11 is 0. The number of benzene rings is 1. The molecule has 0 saturated carbocycles. The summed E-state index contributed by atoms with van der Waals surface area (Å²) in [5, 5.41) is 0. The third kappa shape index (κ3) is 2.70. The summed E-state index contributed by atoms with van der Waals surface area (Å²) in [6, 6.07) is 12.6. The quantitative estimate of drug-likeness (QED) is 0.695. The molecule has 118 valence electrons. The van der Waals surface area contributed by atoms with Crippen molar-refractivity contribution in [2.45, 2.75) is 6.54 Å². The minimum absolute atomic E-state index is 0.0128. The molecule has 2 heterocycles. The molecule has 0 N–H and O–H groups in total. The van der Waals surface area contributed by atoms with Gasteiger partial charge in [-0.25, -0.2) is 4.79 Å². The summed E-state index contributed by atoms with van der Waals surface area (Å²) in [5.41, 5.74) is 2.30. The summed E-state index contributed by atoms with van der Waals surface area (Å²) in [7, 11) is 3.00. The van der Waals surface area contributed by atoms with Gasteiger partial charge in [0.25, 0.3) is 0 Å². The number of methoxy groups -OCH3 is 1. The molecule has 1 amide bonds. The maximum atomic E-state index is 12.6. The van der Waals surface area contributed by atoms with Crippen molar-refractivity contribution < 1.29 is 18.7 Å². The number of para-hydroxylation sites is 1. The van der Waals surface area contributed by atoms with Crippen LogP contribution in [0.1, 0.15) is 10.5 Å². The predicted octanol–water partition coefficient (Wildman–Crippen LogP) is 2.68. The van der Waals surface area contributed by atoms with E-state index < -0.39 is 5.97 Å². The van der Waals surface area contributed by atoms with Crippen molar-refractivity contribution in [3.05, 3.63) is 54.4 Å². The first-order chi connectivity index (χ1) is 11.1. The monoisotopic (exact) mass is 312 g/mol. The highest BCUT2D eigenvalue weighted by Crippen LogP contribution is 2.22. The number of rotatable bonds is 4. The maximum absolute atomic E-state index is 12.6. The number of nitrogens with zero attached hydrogens (tertiary/aromatic N) is 2. The van der Waals surface area contributed by atoms with Gasteiger partial charge in [-0.15, -0.1) is 0 Å². The number of carbonyl (C=O) groups is 2. The van der Waals surface area contributed by atoms with E-state index in [1.807, 2.05) is 30.3 Å². The molecule has 1 aromatic carbocycles. The Morgan fingerprint density at radius 3 is 2.65 bits per heavy atom. The van der Waals surface area contributed by atoms with Crippen molar-refractivity contribution in [1.82, 2.24) is 4.57 Å². The average Bonchev–Trinajstić information content (AvgIpc) is 3.16. The van der Waals surface area contributed by atoms with E-state index >= 15 is 0 Å². The van der Waals surface area contributed by atoms with E-state index in [1.54, 1.807) is 28.6 Å². The topological polar surface area (TPSA) is 64.7 Å². The Morgan fingerprint density at radius 1 is 1.22 bits per heavy atom. The zero-order chi connectivity index (χ0) is 16.4. The summed E-state index contributed by atoms with van der Waals surface area (Å²) in [6.07, 6.45) is 1.52. The molecular weight excluding hydrogens is 296 g/mol. The standard InChI is InChI=1S/C17H16N2O4/c1-18(12-6-4-3-5-7-12)16(20)11-19-13-8-9-23-15(13)10-14(19)17(21)22-2/h3-10H,11H2,1-2H3. The fourth-order valence-electron chi connectivity index (χ4n) is 2.46. The Balaban J connectivity index is 1.92. The van der Waals surface area contributed by atoms with E-state index in [4.69, 9.17) is 9.15 Å². The first-order valence-electron chi connectivity index (χ1n) is 7.08. The molecule has 3 aromatic rings. The normalized spacial score (nSPS) is 10.7. The number of likely N-dealkylation sites (N-methyl/N-ethyl adjacent to an activating group) is 1. The van der Waals surface area contributed by atoms with Gasteiger partial charge in [-0.1, -0.05) is 18.2 Å². The fourth-order valence-corrected chi connectivity index (χ4v) is 2.46. The molecule has 0 spiro atoms. The van der Waals surface area contributed by atoms with Crippen LogP contribution in [-0.4, -0.2) is 30.6 Å². The molecule has 3 rings (SSSR count). The van der Waals surface area contributed by atoms with Crippen LogP contribution in [0.5, 0.6) is 0 Å². The van der Waals surface area contributed by atoms with Gasteiger partial charge in [0.1, 0.15) is 12.2 Å². The van der Waals surface area contributed by atoms with Crippen LogP contribution in [0, 0.1) is 0 Å². The van der Waals surface area contributed by atoms with E-state index in [0.717, 1.165) is 5.69 Å². The number of carbonyl (C=O) groups excluding carboxylic acids is 2. The largest absolute Gasteiger partial charge is 0.464 e. The highest BCUT2D eigenvalue weighted by molar-refractivity contribution is 5.97. The molecule has 2 aromatic heterocycles. The van der Waals surface area contributed by atoms with Crippen LogP contribution in [0.3, 0.4) is 0 Å². The predicted molar refractivity (Wildman–Crippen MR) is 85.4 cm³/mol. The average molecular weight is 312 g/mol. The van der Waals surface area contributed by atoms with Crippen LogP contribution in [0.4, 0.5) is 5.69 Å². The number of hydrogen-bond donors (Lipinski definition) is 0. The Hall–Kier alpha value is -3.02. The third-order valence-electron chi connectivity index (χ3n) is 3.73. The van der Waals surface area contributed by atoms with E-state index in [1.165, 1.54) is 13.4 Å². The molecule has 0 atom stereocenters. The number of amides is 1. The summed E-state index contributed by atoms with van der Waals surface area (Å²) in [6.45, 7) is 0.0128. The van der Waals surface area contributed by atoms with Gasteiger partial charge in [-0.05, 0) is 12.1 Å². The highest BCUT2D eigenvalue weighted by Gasteiger charge is 2.21.